The van der Waals surface area contributed by atoms with Gasteiger partial charge < -0.3 is 10.6 Å². The van der Waals surface area contributed by atoms with Crippen LogP contribution in [0.3, 0.4) is 0 Å². The lowest BCUT2D eigenvalue weighted by Gasteiger charge is -2.11. The molecule has 0 aliphatic carbocycles. The van der Waals surface area contributed by atoms with Crippen LogP contribution in [0.25, 0.3) is 0 Å². The van der Waals surface area contributed by atoms with Gasteiger partial charge in [-0.25, -0.2) is 0 Å². The van der Waals surface area contributed by atoms with Crippen molar-refractivity contribution in [1.29, 1.82) is 0 Å². The number of rotatable bonds is 5. The van der Waals surface area contributed by atoms with Crippen LogP contribution in [0.2, 0.25) is 0 Å². The number of aromatic nitrogens is 2. The van der Waals surface area contributed by atoms with Crippen molar-refractivity contribution in [3.05, 3.63) is 52.3 Å². The van der Waals surface area contributed by atoms with Gasteiger partial charge in [0.05, 0.1) is 22.9 Å². The summed E-state index contributed by atoms with van der Waals surface area (Å²) in [4.78, 5) is 0. The molecule has 2 aromatic rings. The monoisotopic (exact) mass is 352 g/mol. The topological polar surface area (TPSA) is 41.9 Å². The van der Waals surface area contributed by atoms with Crippen LogP contribution in [0.5, 0.6) is 0 Å². The van der Waals surface area contributed by atoms with Crippen LogP contribution in [-0.2, 0) is 19.6 Å². The van der Waals surface area contributed by atoms with Crippen molar-refractivity contribution < 1.29 is 0 Å². The van der Waals surface area contributed by atoms with Crippen molar-refractivity contribution in [2.45, 2.75) is 26.6 Å². The van der Waals surface area contributed by atoms with E-state index in [2.05, 4.69) is 50.7 Å². The number of hydrogen-bond acceptors (Lipinski definition) is 2. The predicted octanol–water partition coefficient (Wildman–Crippen LogP) is 2.83. The highest BCUT2D eigenvalue weighted by Gasteiger charge is 2.07. The maximum Gasteiger partial charge on any atom is 0.166 e. The molecule has 0 aliphatic heterocycles. The van der Waals surface area contributed by atoms with Crippen LogP contribution in [0, 0.1) is 0 Å². The number of halogens is 1. The summed E-state index contributed by atoms with van der Waals surface area (Å²) < 4.78 is 2.94. The molecule has 1 heterocycles. The Morgan fingerprint density at radius 3 is 2.65 bits per heavy atom. The molecule has 1 aromatic heterocycles. The molecule has 0 bridgehead atoms. The van der Waals surface area contributed by atoms with Crippen LogP contribution in [0.1, 0.15) is 18.2 Å². The Labute approximate surface area is 132 Å². The quantitative estimate of drug-likeness (QED) is 0.812. The smallest absolute Gasteiger partial charge is 0.166 e. The highest BCUT2D eigenvalue weighted by Crippen LogP contribution is 2.15. The van der Waals surface area contributed by atoms with Gasteiger partial charge in [0, 0.05) is 13.1 Å². The summed E-state index contributed by atoms with van der Waals surface area (Å²) in [5.41, 5.74) is 2.30. The highest BCUT2D eigenvalue weighted by molar-refractivity contribution is 9.10. The molecule has 0 fully saturated rings. The van der Waals surface area contributed by atoms with Gasteiger partial charge in [-0.3, -0.25) is 4.68 Å². The number of nitrogens with zero attached hydrogens (tertiary/aromatic N) is 2. The van der Waals surface area contributed by atoms with Crippen molar-refractivity contribution in [2.75, 3.05) is 0 Å². The maximum atomic E-state index is 5.28. The minimum absolute atomic E-state index is 0.643. The standard InChI is InChI=1S/C14H17BrN4S/c1-2-19-13(12(15)9-18-19)10-17-14(20)16-8-11-6-4-3-5-7-11/h3-7,9H,2,8,10H2,1H3,(H2,16,17,20). The van der Waals surface area contributed by atoms with Crippen molar-refractivity contribution in [3.63, 3.8) is 0 Å². The second-order valence-corrected chi connectivity index (χ2v) is 5.54. The molecule has 20 heavy (non-hydrogen) atoms. The van der Waals surface area contributed by atoms with Crippen molar-refractivity contribution >= 4 is 33.3 Å². The Hall–Kier alpha value is -1.40. The number of thiocarbonyl (C=S) groups is 1. The minimum Gasteiger partial charge on any atom is -0.359 e. The van der Waals surface area contributed by atoms with E-state index in [1.54, 1.807) is 6.20 Å². The van der Waals surface area contributed by atoms with Gasteiger partial charge in [-0.05, 0) is 40.6 Å². The SMILES string of the molecule is CCn1ncc(Br)c1CNC(=S)NCc1ccccc1. The largest absolute Gasteiger partial charge is 0.359 e. The van der Waals surface area contributed by atoms with E-state index in [0.717, 1.165) is 23.3 Å². The highest BCUT2D eigenvalue weighted by atomic mass is 79.9. The number of nitrogens with one attached hydrogen (secondary N) is 2. The number of hydrogen-bond donors (Lipinski definition) is 2. The zero-order valence-corrected chi connectivity index (χ0v) is 13.7. The van der Waals surface area contributed by atoms with E-state index in [4.69, 9.17) is 12.2 Å². The molecule has 1 aromatic carbocycles. The normalized spacial score (nSPS) is 10.3. The summed E-state index contributed by atoms with van der Waals surface area (Å²) in [6, 6.07) is 10.2. The molecule has 4 nitrogen and oxygen atoms in total. The molecular formula is C14H17BrN4S. The van der Waals surface area contributed by atoms with Crippen molar-refractivity contribution in [1.82, 2.24) is 20.4 Å². The van der Waals surface area contributed by atoms with E-state index in [1.165, 1.54) is 5.56 Å². The van der Waals surface area contributed by atoms with Gasteiger partial charge in [0.1, 0.15) is 0 Å². The van der Waals surface area contributed by atoms with Gasteiger partial charge in [-0.2, -0.15) is 5.10 Å². The lowest BCUT2D eigenvalue weighted by atomic mass is 10.2. The summed E-state index contributed by atoms with van der Waals surface area (Å²) in [6.45, 7) is 4.28. The molecule has 2 N–H and O–H groups in total. The van der Waals surface area contributed by atoms with Gasteiger partial charge in [0.25, 0.3) is 0 Å². The number of aryl methyl sites for hydroxylation is 1. The molecule has 2 rings (SSSR count). The fourth-order valence-corrected chi connectivity index (χ4v) is 2.42. The fourth-order valence-electron chi connectivity index (χ4n) is 1.84. The van der Waals surface area contributed by atoms with Crippen LogP contribution in [0.15, 0.2) is 41.0 Å². The van der Waals surface area contributed by atoms with Crippen LogP contribution in [0.4, 0.5) is 0 Å². The van der Waals surface area contributed by atoms with E-state index in [0.29, 0.717) is 11.7 Å². The molecular weight excluding hydrogens is 336 g/mol. The number of benzene rings is 1. The average molecular weight is 353 g/mol. The molecule has 0 saturated heterocycles. The summed E-state index contributed by atoms with van der Waals surface area (Å²) in [6.07, 6.45) is 1.81. The second-order valence-electron chi connectivity index (χ2n) is 4.28. The van der Waals surface area contributed by atoms with Gasteiger partial charge in [-0.15, -0.1) is 0 Å². The van der Waals surface area contributed by atoms with Crippen LogP contribution < -0.4 is 10.6 Å². The summed E-state index contributed by atoms with van der Waals surface area (Å²) >= 11 is 8.78. The van der Waals surface area contributed by atoms with E-state index in [1.807, 2.05) is 22.9 Å². The van der Waals surface area contributed by atoms with E-state index in [-0.39, 0.29) is 0 Å². The van der Waals surface area contributed by atoms with Crippen molar-refractivity contribution in [3.8, 4) is 0 Å². The molecule has 6 heteroatoms. The van der Waals surface area contributed by atoms with Gasteiger partial charge in [-0.1, -0.05) is 30.3 Å². The summed E-state index contributed by atoms with van der Waals surface area (Å²) in [5.74, 6) is 0. The minimum atomic E-state index is 0.643. The van der Waals surface area contributed by atoms with Crippen LogP contribution >= 0.6 is 28.1 Å². The third kappa shape index (κ3) is 4.05. The Morgan fingerprint density at radius 1 is 1.25 bits per heavy atom. The molecule has 0 spiro atoms. The summed E-state index contributed by atoms with van der Waals surface area (Å²) in [7, 11) is 0. The molecule has 0 amide bonds. The Bertz CT molecular complexity index is 568. The Morgan fingerprint density at radius 2 is 1.95 bits per heavy atom. The first-order valence-electron chi connectivity index (χ1n) is 6.46. The van der Waals surface area contributed by atoms with Gasteiger partial charge >= 0.3 is 0 Å². The van der Waals surface area contributed by atoms with Crippen LogP contribution in [-0.4, -0.2) is 14.9 Å². The van der Waals surface area contributed by atoms with E-state index in [9.17, 15) is 0 Å². The zero-order valence-electron chi connectivity index (χ0n) is 11.3. The van der Waals surface area contributed by atoms with Crippen molar-refractivity contribution in [2.24, 2.45) is 0 Å². The average Bonchev–Trinajstić information content (AvgIpc) is 2.84. The molecule has 0 atom stereocenters. The van der Waals surface area contributed by atoms with E-state index >= 15 is 0 Å². The Balaban J connectivity index is 1.82. The third-order valence-corrected chi connectivity index (χ3v) is 3.86. The predicted molar refractivity (Wildman–Crippen MR) is 88.3 cm³/mol. The third-order valence-electron chi connectivity index (χ3n) is 2.91. The molecule has 0 saturated carbocycles. The maximum absolute atomic E-state index is 5.28. The van der Waals surface area contributed by atoms with Gasteiger partial charge in [0.15, 0.2) is 5.11 Å². The lowest BCUT2D eigenvalue weighted by molar-refractivity contribution is 0.610. The molecule has 0 aliphatic rings. The van der Waals surface area contributed by atoms with E-state index < -0.39 is 0 Å². The Kier molecular flexibility index (Phi) is 5.55. The van der Waals surface area contributed by atoms with Gasteiger partial charge in [0.2, 0.25) is 0 Å². The lowest BCUT2D eigenvalue weighted by Crippen LogP contribution is -2.34. The first-order valence-corrected chi connectivity index (χ1v) is 7.66. The first kappa shape index (κ1) is 15.0. The molecule has 106 valence electrons. The molecule has 0 radical (unpaired) electrons. The summed E-state index contributed by atoms with van der Waals surface area (Å²) in [5, 5.41) is 11.3. The fraction of sp³-hybridized carbons (Fsp3) is 0.286. The first-order chi connectivity index (χ1) is 9.70. The zero-order chi connectivity index (χ0) is 14.4. The second kappa shape index (κ2) is 7.40. The molecule has 0 unspecified atom stereocenters.